The third-order valence-corrected chi connectivity index (χ3v) is 9.09. The predicted octanol–water partition coefficient (Wildman–Crippen LogP) is 9.39. The summed E-state index contributed by atoms with van der Waals surface area (Å²) in [5.74, 6) is 2.50. The predicted molar refractivity (Wildman–Crippen MR) is 147 cm³/mol. The zero-order valence-electron chi connectivity index (χ0n) is 20.4. The zero-order valence-corrected chi connectivity index (χ0v) is 22.9. The summed E-state index contributed by atoms with van der Waals surface area (Å²) < 4.78 is 5.53. The molecule has 2 aliphatic carbocycles. The number of hydrogen-bond donors (Lipinski definition) is 1. The molecule has 2 nitrogen and oxygen atoms in total. The van der Waals surface area contributed by atoms with Crippen LogP contribution in [0.15, 0.2) is 48.6 Å². The Kier molecular flexibility index (Phi) is 21.6. The normalized spacial score (nSPS) is 15.7. The lowest BCUT2D eigenvalue weighted by Gasteiger charge is -2.15. The third-order valence-electron chi connectivity index (χ3n) is 4.67. The molecule has 0 saturated carbocycles. The summed E-state index contributed by atoms with van der Waals surface area (Å²) in [6.45, 7) is 9.64. The lowest BCUT2D eigenvalue weighted by atomic mass is 10.1. The van der Waals surface area contributed by atoms with Crippen molar-refractivity contribution in [2.24, 2.45) is 11.8 Å². The third kappa shape index (κ3) is 26.0. The standard InChI is InChI=1S/C16H35O2PS2.2C5H6/c1-15(2)11-7-5-9-13-18-19(17,20)21-14-10-6-8-12-16(3)4;2*1-2-4-5-3-1/h15-16H,5-14H2,1-4H3,(H,17,20);2*1-4H,5H2. The van der Waals surface area contributed by atoms with Gasteiger partial charge in [0.2, 0.25) is 5.69 Å². The fourth-order valence-corrected chi connectivity index (χ4v) is 6.27. The minimum atomic E-state index is -2.58. The Hall–Kier alpha value is -0.120. The van der Waals surface area contributed by atoms with Crippen LogP contribution in [0.3, 0.4) is 0 Å². The molecule has 180 valence electrons. The van der Waals surface area contributed by atoms with Gasteiger partial charge in [-0.05, 0) is 49.3 Å². The van der Waals surface area contributed by atoms with Crippen molar-refractivity contribution in [1.82, 2.24) is 0 Å². The lowest BCUT2D eigenvalue weighted by molar-refractivity contribution is 0.306. The summed E-state index contributed by atoms with van der Waals surface area (Å²) in [7, 11) is 0. The smallest absolute Gasteiger partial charge is 0.244 e. The van der Waals surface area contributed by atoms with Gasteiger partial charge in [-0.15, -0.1) is 0 Å². The van der Waals surface area contributed by atoms with Crippen LogP contribution >= 0.6 is 17.1 Å². The molecule has 0 saturated heterocycles. The molecule has 1 unspecified atom stereocenters. The maximum atomic E-state index is 10.1. The van der Waals surface area contributed by atoms with Gasteiger partial charge in [0.25, 0.3) is 0 Å². The highest BCUT2D eigenvalue weighted by atomic mass is 32.9. The number of hydrogen-bond acceptors (Lipinski definition) is 3. The van der Waals surface area contributed by atoms with Crippen LogP contribution in [0.5, 0.6) is 0 Å². The molecule has 1 atom stereocenters. The first-order chi connectivity index (χ1) is 14.8. The molecule has 5 heteroatoms. The van der Waals surface area contributed by atoms with Crippen LogP contribution in [-0.4, -0.2) is 17.3 Å². The molecule has 0 aromatic rings. The molecule has 2 rings (SSSR count). The Balaban J connectivity index is 0.000000715. The maximum Gasteiger partial charge on any atom is 0.244 e. The second-order valence-corrected chi connectivity index (χ2v) is 15.1. The Bertz CT molecular complexity index is 500. The highest BCUT2D eigenvalue weighted by Gasteiger charge is 2.13. The van der Waals surface area contributed by atoms with Crippen LogP contribution in [0.4, 0.5) is 0 Å². The Morgan fingerprint density at radius 2 is 1.23 bits per heavy atom. The van der Waals surface area contributed by atoms with Crippen LogP contribution in [0, 0.1) is 11.8 Å². The van der Waals surface area contributed by atoms with Gasteiger partial charge in [-0.3, -0.25) is 0 Å². The zero-order chi connectivity index (χ0) is 23.2. The van der Waals surface area contributed by atoms with E-state index in [1.165, 1.54) is 49.9 Å². The molecule has 0 spiro atoms. The molecule has 0 aromatic carbocycles. The molecule has 0 aliphatic heterocycles. The SMILES string of the molecule is C1=CCC=C1.C1=CCC=C1.CC(C)CCCCCOP(O)(=S)SCCCCCC(C)C. The number of allylic oxidation sites excluding steroid dienone is 8. The number of rotatable bonds is 14. The van der Waals surface area contributed by atoms with Gasteiger partial charge < -0.3 is 9.42 Å². The van der Waals surface area contributed by atoms with E-state index in [1.54, 1.807) is 0 Å². The van der Waals surface area contributed by atoms with Crippen molar-refractivity contribution in [3.8, 4) is 0 Å². The van der Waals surface area contributed by atoms with Crippen molar-refractivity contribution in [3.05, 3.63) is 48.6 Å². The fourth-order valence-electron chi connectivity index (χ4n) is 2.85. The monoisotopic (exact) mass is 486 g/mol. The summed E-state index contributed by atoms with van der Waals surface area (Å²) in [4.78, 5) is 10.1. The summed E-state index contributed by atoms with van der Waals surface area (Å²) in [5, 5.41) is 0. The Morgan fingerprint density at radius 3 is 1.61 bits per heavy atom. The summed E-state index contributed by atoms with van der Waals surface area (Å²) in [6, 6.07) is 0. The van der Waals surface area contributed by atoms with Crippen LogP contribution in [0.2, 0.25) is 0 Å². The van der Waals surface area contributed by atoms with E-state index in [2.05, 4.69) is 76.3 Å². The van der Waals surface area contributed by atoms with Crippen molar-refractivity contribution in [2.75, 3.05) is 12.4 Å². The van der Waals surface area contributed by atoms with Crippen LogP contribution in [-0.2, 0) is 16.3 Å². The average Bonchev–Trinajstić information content (AvgIpc) is 3.45. The van der Waals surface area contributed by atoms with Crippen molar-refractivity contribution in [2.45, 2.75) is 91.9 Å². The second kappa shape index (κ2) is 21.7. The van der Waals surface area contributed by atoms with Crippen molar-refractivity contribution in [1.29, 1.82) is 0 Å². The Morgan fingerprint density at radius 1 is 0.774 bits per heavy atom. The van der Waals surface area contributed by atoms with E-state index in [0.717, 1.165) is 43.3 Å². The van der Waals surface area contributed by atoms with Gasteiger partial charge >= 0.3 is 0 Å². The van der Waals surface area contributed by atoms with E-state index in [-0.39, 0.29) is 0 Å². The average molecular weight is 487 g/mol. The molecule has 0 aromatic heterocycles. The van der Waals surface area contributed by atoms with Gasteiger partial charge in [-0.1, -0.05) is 126 Å². The van der Waals surface area contributed by atoms with E-state index in [0.29, 0.717) is 6.61 Å². The van der Waals surface area contributed by atoms with E-state index in [1.807, 2.05) is 0 Å². The van der Waals surface area contributed by atoms with Crippen molar-refractivity contribution >= 4 is 28.9 Å². The molecule has 1 N–H and O–H groups in total. The molecule has 0 bridgehead atoms. The quantitative estimate of drug-likeness (QED) is 0.196. The van der Waals surface area contributed by atoms with Crippen LogP contribution in [0.25, 0.3) is 0 Å². The molecule has 0 radical (unpaired) electrons. The second-order valence-electron chi connectivity index (χ2n) is 8.81. The van der Waals surface area contributed by atoms with Gasteiger partial charge in [0, 0.05) is 5.75 Å². The molecule has 31 heavy (non-hydrogen) atoms. The van der Waals surface area contributed by atoms with E-state index >= 15 is 0 Å². The Labute approximate surface area is 202 Å². The highest BCUT2D eigenvalue weighted by Crippen LogP contribution is 2.56. The van der Waals surface area contributed by atoms with Crippen molar-refractivity contribution < 1.29 is 9.42 Å². The minimum Gasteiger partial charge on any atom is -0.337 e. The molecular formula is C26H47O2PS2. The molecule has 2 aliphatic rings. The highest BCUT2D eigenvalue weighted by molar-refractivity contribution is 8.67. The summed E-state index contributed by atoms with van der Waals surface area (Å²) >= 11 is 6.66. The largest absolute Gasteiger partial charge is 0.337 e. The summed E-state index contributed by atoms with van der Waals surface area (Å²) in [6.07, 6.45) is 28.7. The van der Waals surface area contributed by atoms with Gasteiger partial charge in [0.1, 0.15) is 0 Å². The number of unbranched alkanes of at least 4 members (excludes halogenated alkanes) is 4. The van der Waals surface area contributed by atoms with E-state index < -0.39 is 5.69 Å². The minimum absolute atomic E-state index is 0.617. The maximum absolute atomic E-state index is 10.1. The van der Waals surface area contributed by atoms with E-state index in [9.17, 15) is 4.89 Å². The summed E-state index contributed by atoms with van der Waals surface area (Å²) in [5.41, 5.74) is -2.58. The van der Waals surface area contributed by atoms with Gasteiger partial charge in [-0.25, -0.2) is 0 Å². The lowest BCUT2D eigenvalue weighted by Crippen LogP contribution is -1.93. The first-order valence-corrected chi connectivity index (χ1v) is 16.3. The fraction of sp³-hybridized carbons (Fsp3) is 0.692. The van der Waals surface area contributed by atoms with Gasteiger partial charge in [-0.2, -0.15) is 0 Å². The molecule has 0 amide bonds. The van der Waals surface area contributed by atoms with Gasteiger partial charge in [0.05, 0.1) is 6.61 Å². The van der Waals surface area contributed by atoms with Crippen LogP contribution < -0.4 is 0 Å². The van der Waals surface area contributed by atoms with E-state index in [4.69, 9.17) is 16.3 Å². The first-order valence-electron chi connectivity index (χ1n) is 12.1. The van der Waals surface area contributed by atoms with Gasteiger partial charge in [0.15, 0.2) is 0 Å². The molecule has 0 fully saturated rings. The van der Waals surface area contributed by atoms with Crippen LogP contribution in [0.1, 0.15) is 91.9 Å². The van der Waals surface area contributed by atoms with Crippen molar-refractivity contribution in [3.63, 3.8) is 0 Å². The first kappa shape index (κ1) is 30.9. The molecular weight excluding hydrogens is 439 g/mol. The molecule has 0 heterocycles. The topological polar surface area (TPSA) is 29.5 Å².